The molecule has 1 aliphatic rings. The standard InChI is InChI=1S/C24H30N2O3/c1-3-18(2)26(17-19-8-5-4-6-9-19)24(28)10-7-15-29-21-12-13-22-20(16-21)11-14-23(27)25-22/h4-6,8-9,12-13,16,18H,3,7,10-11,14-15,17H2,1-2H3,(H,25,27). The number of ether oxygens (including phenoxy) is 1. The van der Waals surface area contributed by atoms with Crippen molar-refractivity contribution in [2.75, 3.05) is 11.9 Å². The molecule has 5 nitrogen and oxygen atoms in total. The van der Waals surface area contributed by atoms with Gasteiger partial charge in [0, 0.05) is 31.1 Å². The number of nitrogens with one attached hydrogen (secondary N) is 1. The smallest absolute Gasteiger partial charge is 0.224 e. The van der Waals surface area contributed by atoms with Crippen molar-refractivity contribution in [1.82, 2.24) is 4.90 Å². The summed E-state index contributed by atoms with van der Waals surface area (Å²) in [5, 5.41) is 2.87. The molecular weight excluding hydrogens is 364 g/mol. The Labute approximate surface area is 173 Å². The molecule has 29 heavy (non-hydrogen) atoms. The van der Waals surface area contributed by atoms with Crippen LogP contribution in [0.4, 0.5) is 5.69 Å². The number of nitrogens with zero attached hydrogens (tertiary/aromatic N) is 1. The van der Waals surface area contributed by atoms with E-state index in [1.165, 1.54) is 0 Å². The maximum Gasteiger partial charge on any atom is 0.224 e. The van der Waals surface area contributed by atoms with Gasteiger partial charge in [-0.3, -0.25) is 9.59 Å². The zero-order chi connectivity index (χ0) is 20.6. The first-order valence-electron chi connectivity index (χ1n) is 10.5. The normalized spacial score (nSPS) is 13.9. The lowest BCUT2D eigenvalue weighted by Gasteiger charge is -2.29. The Morgan fingerprint density at radius 1 is 1.17 bits per heavy atom. The third kappa shape index (κ3) is 5.83. The molecule has 0 aliphatic carbocycles. The van der Waals surface area contributed by atoms with Gasteiger partial charge >= 0.3 is 0 Å². The lowest BCUT2D eigenvalue weighted by molar-refractivity contribution is -0.134. The second kappa shape index (κ2) is 10.1. The van der Waals surface area contributed by atoms with Crippen molar-refractivity contribution in [3.8, 4) is 5.75 Å². The molecule has 0 saturated carbocycles. The molecule has 2 aromatic rings. The Morgan fingerprint density at radius 2 is 1.97 bits per heavy atom. The lowest BCUT2D eigenvalue weighted by atomic mass is 10.0. The van der Waals surface area contributed by atoms with Gasteiger partial charge in [0.25, 0.3) is 0 Å². The summed E-state index contributed by atoms with van der Waals surface area (Å²) in [6.45, 7) is 5.35. The van der Waals surface area contributed by atoms with Gasteiger partial charge in [-0.2, -0.15) is 0 Å². The van der Waals surface area contributed by atoms with E-state index >= 15 is 0 Å². The van der Waals surface area contributed by atoms with Crippen molar-refractivity contribution in [3.05, 3.63) is 59.7 Å². The minimum atomic E-state index is 0.0612. The Hall–Kier alpha value is -2.82. The second-order valence-corrected chi connectivity index (χ2v) is 7.58. The highest BCUT2D eigenvalue weighted by atomic mass is 16.5. The number of hydrogen-bond donors (Lipinski definition) is 1. The molecule has 3 rings (SSSR count). The van der Waals surface area contributed by atoms with Gasteiger partial charge in [0.2, 0.25) is 11.8 Å². The molecule has 5 heteroatoms. The van der Waals surface area contributed by atoms with E-state index in [0.29, 0.717) is 32.4 Å². The zero-order valence-electron chi connectivity index (χ0n) is 17.3. The van der Waals surface area contributed by atoms with Crippen molar-refractivity contribution in [2.24, 2.45) is 0 Å². The third-order valence-electron chi connectivity index (χ3n) is 5.41. The maximum absolute atomic E-state index is 12.8. The highest BCUT2D eigenvalue weighted by Gasteiger charge is 2.19. The number of carbonyl (C=O) groups excluding carboxylic acids is 2. The third-order valence-corrected chi connectivity index (χ3v) is 5.41. The highest BCUT2D eigenvalue weighted by Crippen LogP contribution is 2.27. The summed E-state index contributed by atoms with van der Waals surface area (Å²) in [5.74, 6) is 1.02. The van der Waals surface area contributed by atoms with Crippen LogP contribution in [0, 0.1) is 0 Å². The van der Waals surface area contributed by atoms with Crippen LogP contribution >= 0.6 is 0 Å². The van der Waals surface area contributed by atoms with Crippen LogP contribution in [0.5, 0.6) is 5.75 Å². The molecule has 1 unspecified atom stereocenters. The van der Waals surface area contributed by atoms with Gasteiger partial charge < -0.3 is 15.0 Å². The maximum atomic E-state index is 12.8. The van der Waals surface area contributed by atoms with E-state index in [9.17, 15) is 9.59 Å². The van der Waals surface area contributed by atoms with E-state index in [-0.39, 0.29) is 17.9 Å². The topological polar surface area (TPSA) is 58.6 Å². The predicted molar refractivity (Wildman–Crippen MR) is 115 cm³/mol. The molecule has 1 heterocycles. The van der Waals surface area contributed by atoms with Gasteiger partial charge in [-0.15, -0.1) is 0 Å². The number of amides is 2. The van der Waals surface area contributed by atoms with Gasteiger partial charge in [0.05, 0.1) is 6.61 Å². The summed E-state index contributed by atoms with van der Waals surface area (Å²) in [6, 6.07) is 16.1. The van der Waals surface area contributed by atoms with Gasteiger partial charge in [-0.25, -0.2) is 0 Å². The van der Waals surface area contributed by atoms with Gasteiger partial charge in [-0.1, -0.05) is 37.3 Å². The fourth-order valence-corrected chi connectivity index (χ4v) is 3.50. The molecule has 0 bridgehead atoms. The fourth-order valence-electron chi connectivity index (χ4n) is 3.50. The Bertz CT molecular complexity index is 835. The number of benzene rings is 2. The molecule has 154 valence electrons. The number of anilines is 1. The number of carbonyl (C=O) groups is 2. The van der Waals surface area contributed by atoms with Gasteiger partial charge in [0.1, 0.15) is 5.75 Å². The van der Waals surface area contributed by atoms with Crippen LogP contribution < -0.4 is 10.1 Å². The molecule has 0 aromatic heterocycles. The average molecular weight is 395 g/mol. The summed E-state index contributed by atoms with van der Waals surface area (Å²) >= 11 is 0. The first kappa shape index (κ1) is 20.9. The van der Waals surface area contributed by atoms with Gasteiger partial charge in [-0.05, 0) is 55.5 Å². The summed E-state index contributed by atoms with van der Waals surface area (Å²) in [6.07, 6.45) is 3.32. The van der Waals surface area contributed by atoms with Crippen LogP contribution in [0.2, 0.25) is 0 Å². The van der Waals surface area contributed by atoms with Crippen LogP contribution in [0.3, 0.4) is 0 Å². The minimum Gasteiger partial charge on any atom is -0.494 e. The average Bonchev–Trinajstić information content (AvgIpc) is 2.75. The molecular formula is C24H30N2O3. The van der Waals surface area contributed by atoms with E-state index in [1.807, 2.05) is 41.3 Å². The molecule has 2 aromatic carbocycles. The van der Waals surface area contributed by atoms with E-state index in [4.69, 9.17) is 4.74 Å². The van der Waals surface area contributed by atoms with Crippen molar-refractivity contribution in [2.45, 2.75) is 58.5 Å². The minimum absolute atomic E-state index is 0.0612. The van der Waals surface area contributed by atoms with E-state index in [0.717, 1.165) is 35.4 Å². The Kier molecular flexibility index (Phi) is 7.28. The molecule has 2 amide bonds. The van der Waals surface area contributed by atoms with Crippen molar-refractivity contribution in [3.63, 3.8) is 0 Å². The highest BCUT2D eigenvalue weighted by molar-refractivity contribution is 5.94. The quantitative estimate of drug-likeness (QED) is 0.635. The van der Waals surface area contributed by atoms with Crippen LogP contribution in [0.25, 0.3) is 0 Å². The number of rotatable bonds is 9. The first-order chi connectivity index (χ1) is 14.1. The first-order valence-corrected chi connectivity index (χ1v) is 10.5. The molecule has 0 saturated heterocycles. The molecule has 0 radical (unpaired) electrons. The summed E-state index contributed by atoms with van der Waals surface area (Å²) in [7, 11) is 0. The Balaban J connectivity index is 1.49. The van der Waals surface area contributed by atoms with Crippen LogP contribution in [0.1, 0.15) is 50.7 Å². The lowest BCUT2D eigenvalue weighted by Crippen LogP contribution is -2.37. The molecule has 0 fully saturated rings. The SMILES string of the molecule is CCC(C)N(Cc1ccccc1)C(=O)CCCOc1ccc2c(c1)CCC(=O)N2. The summed E-state index contributed by atoms with van der Waals surface area (Å²) in [5.41, 5.74) is 3.12. The molecule has 1 aliphatic heterocycles. The number of fused-ring (bicyclic) bond motifs is 1. The predicted octanol–water partition coefficient (Wildman–Crippen LogP) is 4.56. The summed E-state index contributed by atoms with van der Waals surface area (Å²) < 4.78 is 5.85. The van der Waals surface area contributed by atoms with E-state index in [2.05, 4.69) is 31.3 Å². The molecule has 0 spiro atoms. The van der Waals surface area contributed by atoms with Crippen LogP contribution in [-0.4, -0.2) is 29.4 Å². The Morgan fingerprint density at radius 3 is 2.72 bits per heavy atom. The van der Waals surface area contributed by atoms with Crippen LogP contribution in [-0.2, 0) is 22.6 Å². The monoisotopic (exact) mass is 394 g/mol. The second-order valence-electron chi connectivity index (χ2n) is 7.58. The van der Waals surface area contributed by atoms with Crippen molar-refractivity contribution in [1.29, 1.82) is 0 Å². The zero-order valence-corrected chi connectivity index (χ0v) is 17.3. The molecule has 1 N–H and O–H groups in total. The number of hydrogen-bond acceptors (Lipinski definition) is 3. The van der Waals surface area contributed by atoms with Crippen molar-refractivity contribution < 1.29 is 14.3 Å². The van der Waals surface area contributed by atoms with Gasteiger partial charge in [0.15, 0.2) is 0 Å². The molecule has 1 atom stereocenters. The van der Waals surface area contributed by atoms with E-state index < -0.39 is 0 Å². The fraction of sp³-hybridized carbons (Fsp3) is 0.417. The van der Waals surface area contributed by atoms with E-state index in [1.54, 1.807) is 0 Å². The van der Waals surface area contributed by atoms with Crippen LogP contribution in [0.15, 0.2) is 48.5 Å². The van der Waals surface area contributed by atoms with Crippen molar-refractivity contribution >= 4 is 17.5 Å². The summed E-state index contributed by atoms with van der Waals surface area (Å²) in [4.78, 5) is 26.2. The largest absolute Gasteiger partial charge is 0.494 e. The number of aryl methyl sites for hydroxylation is 1.